The summed E-state index contributed by atoms with van der Waals surface area (Å²) in [6, 6.07) is 5.93. The molecule has 0 saturated carbocycles. The number of aromatic carboxylic acids is 1. The molecule has 0 saturated heterocycles. The highest BCUT2D eigenvalue weighted by molar-refractivity contribution is 5.88. The molecule has 1 aliphatic heterocycles. The summed E-state index contributed by atoms with van der Waals surface area (Å²) in [7, 11) is 0. The van der Waals surface area contributed by atoms with Gasteiger partial charge in [0.15, 0.2) is 0 Å². The molecule has 2 N–H and O–H groups in total. The van der Waals surface area contributed by atoms with Crippen molar-refractivity contribution in [2.45, 2.75) is 109 Å². The molecule has 0 spiro atoms. The van der Waals surface area contributed by atoms with Crippen molar-refractivity contribution in [2.75, 3.05) is 5.32 Å². The van der Waals surface area contributed by atoms with Crippen LogP contribution in [0.15, 0.2) is 18.2 Å². The number of benzene rings is 1. The van der Waals surface area contributed by atoms with Gasteiger partial charge in [-0.3, -0.25) is 0 Å². The van der Waals surface area contributed by atoms with E-state index in [0.29, 0.717) is 11.6 Å². The number of hydrogen-bond donors (Lipinski definition) is 2. The van der Waals surface area contributed by atoms with Crippen molar-refractivity contribution in [2.24, 2.45) is 0 Å². The van der Waals surface area contributed by atoms with Gasteiger partial charge in [0, 0.05) is 11.7 Å². The molecule has 0 unspecified atom stereocenters. The minimum Gasteiger partial charge on any atom is -0.478 e. The lowest BCUT2D eigenvalue weighted by Crippen LogP contribution is -2.14. The minimum absolute atomic E-state index is 0.400. The summed E-state index contributed by atoms with van der Waals surface area (Å²) in [6.45, 7) is 2.28. The van der Waals surface area contributed by atoms with Gasteiger partial charge >= 0.3 is 5.97 Å². The smallest absolute Gasteiger partial charge is 0.335 e. The molecule has 1 aliphatic rings. The first kappa shape index (κ1) is 21.8. The first-order chi connectivity index (χ1) is 13.2. The predicted octanol–water partition coefficient (Wildman–Crippen LogP) is 7.20. The van der Waals surface area contributed by atoms with Crippen LogP contribution in [-0.4, -0.2) is 17.1 Å². The number of hydrogen-bond acceptors (Lipinski definition) is 2. The number of fused-ring (bicyclic) bond motifs is 1. The maximum Gasteiger partial charge on any atom is 0.335 e. The monoisotopic (exact) mass is 373 g/mol. The van der Waals surface area contributed by atoms with Gasteiger partial charge in [-0.05, 0) is 36.6 Å². The van der Waals surface area contributed by atoms with Crippen LogP contribution in [0, 0.1) is 0 Å². The van der Waals surface area contributed by atoms with Gasteiger partial charge in [0.25, 0.3) is 0 Å². The van der Waals surface area contributed by atoms with Crippen LogP contribution in [-0.2, 0) is 6.42 Å². The second kappa shape index (κ2) is 12.8. The van der Waals surface area contributed by atoms with Gasteiger partial charge in [0.2, 0.25) is 0 Å². The molecule has 1 atom stereocenters. The van der Waals surface area contributed by atoms with Crippen molar-refractivity contribution in [3.8, 4) is 0 Å². The molecule has 0 aliphatic carbocycles. The molecule has 152 valence electrons. The summed E-state index contributed by atoms with van der Waals surface area (Å²) in [4.78, 5) is 11.1. The van der Waals surface area contributed by atoms with Crippen molar-refractivity contribution in [1.29, 1.82) is 0 Å². The zero-order valence-electron chi connectivity index (χ0n) is 17.3. The zero-order valence-corrected chi connectivity index (χ0v) is 17.3. The fraction of sp³-hybridized carbons (Fsp3) is 0.708. The van der Waals surface area contributed by atoms with E-state index in [1.807, 2.05) is 12.1 Å². The molecule has 3 nitrogen and oxygen atoms in total. The Morgan fingerprint density at radius 3 is 2.04 bits per heavy atom. The summed E-state index contributed by atoms with van der Waals surface area (Å²) < 4.78 is 0. The highest BCUT2D eigenvalue weighted by Gasteiger charge is 2.21. The first-order valence-electron chi connectivity index (χ1n) is 11.3. The van der Waals surface area contributed by atoms with Crippen LogP contribution in [0.2, 0.25) is 0 Å². The van der Waals surface area contributed by atoms with Crippen LogP contribution >= 0.6 is 0 Å². The van der Waals surface area contributed by atoms with E-state index >= 15 is 0 Å². The van der Waals surface area contributed by atoms with Gasteiger partial charge in [-0.1, -0.05) is 90.4 Å². The predicted molar refractivity (Wildman–Crippen MR) is 115 cm³/mol. The molecule has 1 aromatic rings. The Bertz CT molecular complexity index is 555. The van der Waals surface area contributed by atoms with Crippen LogP contribution in [0.1, 0.15) is 113 Å². The Labute approximate surface area is 166 Å². The van der Waals surface area contributed by atoms with E-state index in [-0.39, 0.29) is 0 Å². The van der Waals surface area contributed by atoms with E-state index in [4.69, 9.17) is 5.11 Å². The standard InChI is InChI=1S/C24H39NO2/c1-2-3-4-5-6-7-8-9-10-11-12-13-14-15-22-19-21-18-20(24(26)27)16-17-23(21)25-22/h16-18,22,25H,2-15,19H2,1H3,(H,26,27)/t22-/m0/s1. The molecule has 3 heteroatoms. The number of unbranched alkanes of at least 4 members (excludes halogenated alkanes) is 12. The minimum atomic E-state index is -0.835. The lowest BCUT2D eigenvalue weighted by atomic mass is 10.0. The summed E-state index contributed by atoms with van der Waals surface area (Å²) >= 11 is 0. The number of carboxylic acids is 1. The van der Waals surface area contributed by atoms with E-state index in [1.165, 1.54) is 89.9 Å². The zero-order chi connectivity index (χ0) is 19.3. The maximum atomic E-state index is 11.1. The lowest BCUT2D eigenvalue weighted by Gasteiger charge is -2.10. The fourth-order valence-electron chi connectivity index (χ4n) is 4.16. The van der Waals surface area contributed by atoms with Crippen molar-refractivity contribution < 1.29 is 9.90 Å². The van der Waals surface area contributed by atoms with E-state index in [1.54, 1.807) is 6.07 Å². The highest BCUT2D eigenvalue weighted by Crippen LogP contribution is 2.29. The van der Waals surface area contributed by atoms with E-state index in [2.05, 4.69) is 12.2 Å². The maximum absolute atomic E-state index is 11.1. The Morgan fingerprint density at radius 2 is 1.48 bits per heavy atom. The van der Waals surface area contributed by atoms with Crippen LogP contribution < -0.4 is 5.32 Å². The van der Waals surface area contributed by atoms with Crippen molar-refractivity contribution in [3.63, 3.8) is 0 Å². The van der Waals surface area contributed by atoms with Crippen LogP contribution in [0.5, 0.6) is 0 Å². The molecule has 2 rings (SSSR count). The Morgan fingerprint density at radius 1 is 0.926 bits per heavy atom. The number of carbonyl (C=O) groups is 1. The number of nitrogens with one attached hydrogen (secondary N) is 1. The van der Waals surface area contributed by atoms with Gasteiger partial charge in [-0.25, -0.2) is 4.79 Å². The first-order valence-corrected chi connectivity index (χ1v) is 11.3. The van der Waals surface area contributed by atoms with Crippen LogP contribution in [0.4, 0.5) is 5.69 Å². The fourth-order valence-corrected chi connectivity index (χ4v) is 4.16. The molecule has 1 heterocycles. The van der Waals surface area contributed by atoms with E-state index < -0.39 is 5.97 Å². The number of anilines is 1. The largest absolute Gasteiger partial charge is 0.478 e. The third-order valence-electron chi connectivity index (χ3n) is 5.83. The van der Waals surface area contributed by atoms with E-state index in [0.717, 1.165) is 17.7 Å². The topological polar surface area (TPSA) is 49.3 Å². The second-order valence-electron chi connectivity index (χ2n) is 8.25. The molecular formula is C24H39NO2. The van der Waals surface area contributed by atoms with E-state index in [9.17, 15) is 4.79 Å². The van der Waals surface area contributed by atoms with Gasteiger partial charge in [0.1, 0.15) is 0 Å². The average Bonchev–Trinajstić information content (AvgIpc) is 3.07. The molecular weight excluding hydrogens is 334 g/mol. The summed E-state index contributed by atoms with van der Waals surface area (Å²) in [5.74, 6) is -0.835. The van der Waals surface area contributed by atoms with Gasteiger partial charge < -0.3 is 10.4 Å². The third kappa shape index (κ3) is 8.36. The van der Waals surface area contributed by atoms with Crippen molar-refractivity contribution in [3.05, 3.63) is 29.3 Å². The number of carboxylic acid groups (broad SMARTS) is 1. The molecule has 27 heavy (non-hydrogen) atoms. The van der Waals surface area contributed by atoms with Crippen molar-refractivity contribution >= 4 is 11.7 Å². The normalized spacial score (nSPS) is 15.5. The van der Waals surface area contributed by atoms with Gasteiger partial charge in [0.05, 0.1) is 5.56 Å². The van der Waals surface area contributed by atoms with Crippen molar-refractivity contribution in [1.82, 2.24) is 0 Å². The molecule has 0 radical (unpaired) electrons. The lowest BCUT2D eigenvalue weighted by molar-refractivity contribution is 0.0697. The Hall–Kier alpha value is -1.51. The van der Waals surface area contributed by atoms with Crippen LogP contribution in [0.3, 0.4) is 0 Å². The Balaban J connectivity index is 1.42. The highest BCUT2D eigenvalue weighted by atomic mass is 16.4. The SMILES string of the molecule is CCCCCCCCCCCCCCC[C@H]1Cc2cc(C(=O)O)ccc2N1. The average molecular weight is 374 g/mol. The molecule has 0 fully saturated rings. The quantitative estimate of drug-likeness (QED) is 0.319. The molecule has 0 aromatic heterocycles. The number of rotatable bonds is 15. The Kier molecular flexibility index (Phi) is 10.3. The molecule has 0 amide bonds. The van der Waals surface area contributed by atoms with Crippen LogP contribution in [0.25, 0.3) is 0 Å². The summed E-state index contributed by atoms with van der Waals surface area (Å²) in [5, 5.41) is 12.6. The molecule has 0 bridgehead atoms. The molecule has 1 aromatic carbocycles. The van der Waals surface area contributed by atoms with Gasteiger partial charge in [-0.2, -0.15) is 0 Å². The summed E-state index contributed by atoms with van der Waals surface area (Å²) in [6.07, 6.45) is 20.2. The third-order valence-corrected chi connectivity index (χ3v) is 5.83. The second-order valence-corrected chi connectivity index (χ2v) is 8.25. The summed E-state index contributed by atoms with van der Waals surface area (Å²) in [5.41, 5.74) is 2.69. The van der Waals surface area contributed by atoms with Gasteiger partial charge in [-0.15, -0.1) is 0 Å².